The maximum Gasteiger partial charge on any atom is 0.220 e. The van der Waals surface area contributed by atoms with Gasteiger partial charge in [0, 0.05) is 6.42 Å². The van der Waals surface area contributed by atoms with Crippen LogP contribution >= 0.6 is 0 Å². The molecule has 0 aromatic carbocycles. The van der Waals surface area contributed by atoms with Gasteiger partial charge in [-0.1, -0.05) is 225 Å². The number of carbonyl (C=O) groups excluding carboxylic acids is 1. The van der Waals surface area contributed by atoms with Crippen LogP contribution in [0.25, 0.3) is 0 Å². The molecule has 1 aliphatic heterocycles. The number of nitrogens with one attached hydrogen (secondary N) is 1. The smallest absolute Gasteiger partial charge is 0.220 e. The Morgan fingerprint density at radius 2 is 0.873 bits per heavy atom. The number of ether oxygens (including phenoxy) is 2. The number of amides is 1. The minimum Gasteiger partial charge on any atom is -0.394 e. The summed E-state index contributed by atoms with van der Waals surface area (Å²) in [4.78, 5) is 13.0. The number of carbonyl (C=O) groups is 1. The normalized spacial score (nSPS) is 20.4. The van der Waals surface area contributed by atoms with Crippen molar-refractivity contribution in [3.63, 3.8) is 0 Å². The summed E-state index contributed by atoms with van der Waals surface area (Å²) in [5, 5.41) is 54.2. The Labute approximate surface area is 432 Å². The first kappa shape index (κ1) is 65.3. The Morgan fingerprint density at radius 3 is 1.30 bits per heavy atom. The molecule has 0 spiro atoms. The van der Waals surface area contributed by atoms with Crippen molar-refractivity contribution in [3.8, 4) is 0 Å². The van der Waals surface area contributed by atoms with E-state index < -0.39 is 49.5 Å². The van der Waals surface area contributed by atoms with Gasteiger partial charge in [0.05, 0.1) is 25.4 Å². The first-order chi connectivity index (χ1) is 34.8. The van der Waals surface area contributed by atoms with Crippen LogP contribution in [-0.4, -0.2) is 87.5 Å². The van der Waals surface area contributed by atoms with Gasteiger partial charge in [0.1, 0.15) is 24.4 Å². The highest BCUT2D eigenvalue weighted by Gasteiger charge is 2.44. The lowest BCUT2D eigenvalue weighted by atomic mass is 9.99. The van der Waals surface area contributed by atoms with Crippen molar-refractivity contribution >= 4 is 5.91 Å². The summed E-state index contributed by atoms with van der Waals surface area (Å²) in [5.74, 6) is -0.166. The van der Waals surface area contributed by atoms with Crippen molar-refractivity contribution in [1.82, 2.24) is 5.32 Å². The molecule has 7 atom stereocenters. The minimum atomic E-state index is -1.56. The van der Waals surface area contributed by atoms with Crippen LogP contribution in [0.5, 0.6) is 0 Å². The first-order valence-electron chi connectivity index (χ1n) is 27.9. The third kappa shape index (κ3) is 39.5. The topological polar surface area (TPSA) is 149 Å². The van der Waals surface area contributed by atoms with Crippen molar-refractivity contribution < 1.29 is 39.8 Å². The number of allylic oxidation sites excluding steroid dienone is 22. The van der Waals surface area contributed by atoms with E-state index in [-0.39, 0.29) is 12.5 Å². The fourth-order valence-corrected chi connectivity index (χ4v) is 7.87. The molecule has 9 nitrogen and oxygen atoms in total. The fourth-order valence-electron chi connectivity index (χ4n) is 7.87. The Morgan fingerprint density at radius 1 is 0.493 bits per heavy atom. The zero-order valence-electron chi connectivity index (χ0n) is 44.4. The number of aliphatic hydroxyl groups is 5. The standard InChI is InChI=1S/C62H101NO8/c1-3-5-7-9-11-12-13-14-15-16-17-18-19-20-21-22-23-24-25-26-27-28-29-30-31-32-33-34-35-36-37-38-39-40-41-42-43-44-46-48-50-52-58(66)63-55(56(65)51-49-47-45-10-8-6-4-2)54-70-62-61(69)60(68)59(67)57(53-64)71-62/h5,7,11-12,14-15,17-18,20-21,23-24,26-27,29-30,32-33,35-36,38-39,55-57,59-62,64-65,67-69H,3-4,6,8-10,13,16,19,22,25,28,31,34,37,40-54H2,1-2H3,(H,63,66)/b7-5-,12-11-,15-14-,18-17-,21-20-,24-23-,27-26-,30-29-,33-32-,36-35-,39-38-. The van der Waals surface area contributed by atoms with Crippen LogP contribution in [0.4, 0.5) is 0 Å². The summed E-state index contributed by atoms with van der Waals surface area (Å²) in [6.45, 7) is 3.64. The van der Waals surface area contributed by atoms with Crippen molar-refractivity contribution in [3.05, 3.63) is 134 Å². The molecule has 402 valence electrons. The zero-order valence-corrected chi connectivity index (χ0v) is 44.4. The maximum absolute atomic E-state index is 13.0. The fraction of sp³-hybridized carbons (Fsp3) is 0.629. The van der Waals surface area contributed by atoms with Crippen LogP contribution in [0.3, 0.4) is 0 Å². The van der Waals surface area contributed by atoms with E-state index in [2.05, 4.69) is 153 Å². The average Bonchev–Trinajstić information content (AvgIpc) is 3.37. The lowest BCUT2D eigenvalue weighted by Crippen LogP contribution is -2.60. The summed E-state index contributed by atoms with van der Waals surface area (Å²) in [7, 11) is 0. The molecular formula is C62H101NO8. The molecule has 0 bridgehead atoms. The second-order valence-electron chi connectivity index (χ2n) is 18.6. The van der Waals surface area contributed by atoms with Gasteiger partial charge >= 0.3 is 0 Å². The predicted molar refractivity (Wildman–Crippen MR) is 299 cm³/mol. The van der Waals surface area contributed by atoms with Gasteiger partial charge in [0.25, 0.3) is 0 Å². The summed E-state index contributed by atoms with van der Waals surface area (Å²) >= 11 is 0. The molecule has 0 aliphatic carbocycles. The highest BCUT2D eigenvalue weighted by Crippen LogP contribution is 2.23. The summed E-state index contributed by atoms with van der Waals surface area (Å²) in [5.41, 5.74) is 0. The van der Waals surface area contributed by atoms with E-state index in [0.29, 0.717) is 12.8 Å². The second kappa shape index (κ2) is 49.9. The minimum absolute atomic E-state index is 0.151. The van der Waals surface area contributed by atoms with Gasteiger partial charge in [0.2, 0.25) is 5.91 Å². The van der Waals surface area contributed by atoms with Crippen molar-refractivity contribution in [2.75, 3.05) is 13.2 Å². The van der Waals surface area contributed by atoms with Gasteiger partial charge in [-0.25, -0.2) is 0 Å². The zero-order chi connectivity index (χ0) is 51.5. The van der Waals surface area contributed by atoms with E-state index in [1.54, 1.807) is 0 Å². The highest BCUT2D eigenvalue weighted by atomic mass is 16.7. The molecule has 0 radical (unpaired) electrons. The van der Waals surface area contributed by atoms with Gasteiger partial charge in [-0.05, 0) is 96.3 Å². The first-order valence-corrected chi connectivity index (χ1v) is 27.9. The van der Waals surface area contributed by atoms with Gasteiger partial charge < -0.3 is 40.3 Å². The SMILES string of the molecule is CC/C=C\C/C=C\C/C=C\C/C=C\C/C=C\C/C=C\C/C=C\C/C=C\C/C=C\C/C=C\C/C=C\CCCCCCCCCC(=O)NC(COC1OC(CO)C(O)C(O)C1O)C(O)CCCCCCCCC. The van der Waals surface area contributed by atoms with Crippen LogP contribution in [0.15, 0.2) is 134 Å². The number of hydrogen-bond donors (Lipinski definition) is 6. The molecule has 1 fully saturated rings. The van der Waals surface area contributed by atoms with E-state index in [1.165, 1.54) is 44.9 Å². The second-order valence-corrected chi connectivity index (χ2v) is 18.6. The van der Waals surface area contributed by atoms with Gasteiger partial charge in [0.15, 0.2) is 6.29 Å². The van der Waals surface area contributed by atoms with Crippen LogP contribution in [0.1, 0.15) is 194 Å². The Bertz CT molecular complexity index is 1570. The summed E-state index contributed by atoms with van der Waals surface area (Å²) < 4.78 is 11.2. The quantitative estimate of drug-likeness (QED) is 0.0261. The Balaban J connectivity index is 2.10. The van der Waals surface area contributed by atoms with E-state index in [0.717, 1.165) is 122 Å². The molecule has 0 saturated carbocycles. The molecule has 1 heterocycles. The van der Waals surface area contributed by atoms with Gasteiger partial charge in [-0.2, -0.15) is 0 Å². The van der Waals surface area contributed by atoms with E-state index >= 15 is 0 Å². The average molecular weight is 988 g/mol. The molecule has 71 heavy (non-hydrogen) atoms. The monoisotopic (exact) mass is 988 g/mol. The molecule has 0 aromatic heterocycles. The Hall–Kier alpha value is -3.67. The van der Waals surface area contributed by atoms with Crippen LogP contribution in [0, 0.1) is 0 Å². The van der Waals surface area contributed by atoms with Crippen molar-refractivity contribution in [1.29, 1.82) is 0 Å². The molecule has 1 saturated heterocycles. The predicted octanol–water partition coefficient (Wildman–Crippen LogP) is 13.7. The van der Waals surface area contributed by atoms with Crippen molar-refractivity contribution in [2.45, 2.75) is 236 Å². The van der Waals surface area contributed by atoms with Crippen LogP contribution < -0.4 is 5.32 Å². The van der Waals surface area contributed by atoms with Crippen LogP contribution in [-0.2, 0) is 14.3 Å². The van der Waals surface area contributed by atoms with Gasteiger partial charge in [-0.3, -0.25) is 4.79 Å². The van der Waals surface area contributed by atoms with Crippen LogP contribution in [0.2, 0.25) is 0 Å². The number of unbranched alkanes of at least 4 members (excludes halogenated alkanes) is 13. The molecule has 9 heteroatoms. The molecule has 1 aliphatic rings. The molecular weight excluding hydrogens is 887 g/mol. The van der Waals surface area contributed by atoms with E-state index in [4.69, 9.17) is 9.47 Å². The number of hydrogen-bond acceptors (Lipinski definition) is 8. The molecule has 1 rings (SSSR count). The lowest BCUT2D eigenvalue weighted by Gasteiger charge is -2.40. The molecule has 0 aromatic rings. The van der Waals surface area contributed by atoms with E-state index in [9.17, 15) is 30.3 Å². The van der Waals surface area contributed by atoms with Gasteiger partial charge in [-0.15, -0.1) is 0 Å². The maximum atomic E-state index is 13.0. The highest BCUT2D eigenvalue weighted by molar-refractivity contribution is 5.76. The Kier molecular flexibility index (Phi) is 45.9. The molecule has 1 amide bonds. The third-order valence-corrected chi connectivity index (χ3v) is 12.3. The third-order valence-electron chi connectivity index (χ3n) is 12.3. The molecule has 7 unspecified atom stereocenters. The largest absolute Gasteiger partial charge is 0.394 e. The lowest BCUT2D eigenvalue weighted by molar-refractivity contribution is -0.302. The summed E-state index contributed by atoms with van der Waals surface area (Å²) in [6, 6.07) is -0.731. The van der Waals surface area contributed by atoms with E-state index in [1.807, 2.05) is 0 Å². The number of rotatable bonds is 45. The molecule has 6 N–H and O–H groups in total. The summed E-state index contributed by atoms with van der Waals surface area (Å²) in [6.07, 6.45) is 69.4. The number of aliphatic hydroxyl groups excluding tert-OH is 5. The van der Waals surface area contributed by atoms with Crippen molar-refractivity contribution in [2.24, 2.45) is 0 Å².